The van der Waals surface area contributed by atoms with Gasteiger partial charge in [0.15, 0.2) is 5.69 Å². The zero-order valence-corrected chi connectivity index (χ0v) is 12.9. The van der Waals surface area contributed by atoms with Crippen molar-refractivity contribution in [3.63, 3.8) is 0 Å². The maximum absolute atomic E-state index is 11.9. The van der Waals surface area contributed by atoms with Crippen LogP contribution in [0.15, 0.2) is 30.5 Å². The molecule has 0 aliphatic rings. The molecule has 114 valence electrons. The number of carbonyl (C=O) groups is 1. The molecule has 0 spiro atoms. The van der Waals surface area contributed by atoms with Crippen molar-refractivity contribution in [1.82, 2.24) is 20.3 Å². The van der Waals surface area contributed by atoms with E-state index in [-0.39, 0.29) is 24.2 Å². The number of aryl methyl sites for hydroxylation is 1. The normalized spacial score (nSPS) is 11.6. The van der Waals surface area contributed by atoms with Crippen LogP contribution in [0.2, 0.25) is 0 Å². The number of halogens is 1. The molecule has 1 aromatic heterocycles. The van der Waals surface area contributed by atoms with E-state index in [2.05, 4.69) is 15.6 Å². The van der Waals surface area contributed by atoms with Crippen molar-refractivity contribution in [2.24, 2.45) is 11.7 Å². The van der Waals surface area contributed by atoms with Gasteiger partial charge < -0.3 is 11.1 Å². The van der Waals surface area contributed by atoms with Crippen molar-refractivity contribution >= 4 is 18.3 Å². The van der Waals surface area contributed by atoms with Gasteiger partial charge in [-0.1, -0.05) is 24.3 Å². The molecule has 2 aromatic rings. The van der Waals surface area contributed by atoms with Gasteiger partial charge in [-0.15, -0.1) is 17.5 Å². The summed E-state index contributed by atoms with van der Waals surface area (Å²) in [6.07, 6.45) is 1.62. The van der Waals surface area contributed by atoms with Crippen molar-refractivity contribution in [3.8, 4) is 5.69 Å². The number of nitrogens with two attached hydrogens (primary N) is 1. The topological polar surface area (TPSA) is 85.8 Å². The van der Waals surface area contributed by atoms with Crippen molar-refractivity contribution < 1.29 is 4.79 Å². The highest BCUT2D eigenvalue weighted by Gasteiger charge is 2.12. The third-order valence-electron chi connectivity index (χ3n) is 3.01. The molecule has 0 saturated carbocycles. The van der Waals surface area contributed by atoms with Crippen LogP contribution in [0.4, 0.5) is 0 Å². The van der Waals surface area contributed by atoms with Gasteiger partial charge in [0, 0.05) is 6.54 Å². The van der Waals surface area contributed by atoms with Gasteiger partial charge in [0.2, 0.25) is 0 Å². The molecule has 0 fully saturated rings. The third-order valence-corrected chi connectivity index (χ3v) is 3.01. The fraction of sp³-hybridized carbons (Fsp3) is 0.357. The first-order chi connectivity index (χ1) is 9.60. The number of hydrogen-bond acceptors (Lipinski definition) is 4. The van der Waals surface area contributed by atoms with Crippen molar-refractivity contribution in [2.75, 3.05) is 13.1 Å². The first-order valence-electron chi connectivity index (χ1n) is 6.58. The minimum atomic E-state index is -0.232. The van der Waals surface area contributed by atoms with E-state index >= 15 is 0 Å². The summed E-state index contributed by atoms with van der Waals surface area (Å²) < 4.78 is 1.59. The maximum atomic E-state index is 11.9. The number of benzene rings is 1. The summed E-state index contributed by atoms with van der Waals surface area (Å²) in [5.41, 5.74) is 7.82. The average Bonchev–Trinajstić information content (AvgIpc) is 2.94. The van der Waals surface area contributed by atoms with Crippen LogP contribution in [0.25, 0.3) is 5.69 Å². The molecular weight excluding hydrogens is 290 g/mol. The molecule has 1 aromatic carbocycles. The fourth-order valence-electron chi connectivity index (χ4n) is 1.71. The van der Waals surface area contributed by atoms with Gasteiger partial charge in [0.05, 0.1) is 11.9 Å². The highest BCUT2D eigenvalue weighted by molar-refractivity contribution is 5.91. The second-order valence-electron chi connectivity index (χ2n) is 4.94. The van der Waals surface area contributed by atoms with E-state index in [1.54, 1.807) is 10.9 Å². The molecule has 6 nitrogen and oxygen atoms in total. The standard InChI is InChI=1S/C14H19N5O.ClH/c1-10-4-3-5-12(6-10)19-9-13(17-18-19)14(20)16-8-11(2)7-15;/h3-6,9,11H,7-8,15H2,1-2H3,(H,16,20);1H. The number of aromatic nitrogens is 3. The Balaban J connectivity index is 0.00000220. The van der Waals surface area contributed by atoms with Crippen LogP contribution in [0.5, 0.6) is 0 Å². The molecule has 0 saturated heterocycles. The van der Waals surface area contributed by atoms with Crippen LogP contribution in [0, 0.1) is 12.8 Å². The smallest absolute Gasteiger partial charge is 0.273 e. The molecule has 1 amide bonds. The predicted molar refractivity (Wildman–Crippen MR) is 83.9 cm³/mol. The van der Waals surface area contributed by atoms with Crippen LogP contribution in [0.3, 0.4) is 0 Å². The summed E-state index contributed by atoms with van der Waals surface area (Å²) in [5, 5.41) is 10.7. The Hall–Kier alpha value is -1.92. The van der Waals surface area contributed by atoms with Gasteiger partial charge >= 0.3 is 0 Å². The number of rotatable bonds is 5. The summed E-state index contributed by atoms with van der Waals surface area (Å²) in [5.74, 6) is 0.00923. The van der Waals surface area contributed by atoms with Crippen LogP contribution < -0.4 is 11.1 Å². The first kappa shape index (κ1) is 17.1. The van der Waals surface area contributed by atoms with E-state index in [4.69, 9.17) is 5.73 Å². The third kappa shape index (κ3) is 4.54. The lowest BCUT2D eigenvalue weighted by molar-refractivity contribution is 0.0943. The lowest BCUT2D eigenvalue weighted by Gasteiger charge is -2.08. The van der Waals surface area contributed by atoms with E-state index in [9.17, 15) is 4.79 Å². The van der Waals surface area contributed by atoms with Crippen LogP contribution in [0.1, 0.15) is 23.0 Å². The van der Waals surface area contributed by atoms with E-state index in [1.807, 2.05) is 38.1 Å². The minimum absolute atomic E-state index is 0. The van der Waals surface area contributed by atoms with E-state index in [1.165, 1.54) is 0 Å². The Morgan fingerprint density at radius 2 is 2.24 bits per heavy atom. The van der Waals surface area contributed by atoms with Crippen LogP contribution in [-0.2, 0) is 0 Å². The lowest BCUT2D eigenvalue weighted by Crippen LogP contribution is -2.31. The predicted octanol–water partition coefficient (Wildman–Crippen LogP) is 1.32. The van der Waals surface area contributed by atoms with Crippen LogP contribution in [-0.4, -0.2) is 34.0 Å². The van der Waals surface area contributed by atoms with Gasteiger partial charge in [-0.05, 0) is 37.1 Å². The zero-order valence-electron chi connectivity index (χ0n) is 12.1. The summed E-state index contributed by atoms with van der Waals surface area (Å²) in [4.78, 5) is 11.9. The Labute approximate surface area is 130 Å². The quantitative estimate of drug-likeness (QED) is 0.872. The van der Waals surface area contributed by atoms with Crippen molar-refractivity contribution in [3.05, 3.63) is 41.7 Å². The number of nitrogens with one attached hydrogen (secondary N) is 1. The summed E-state index contributed by atoms with van der Waals surface area (Å²) >= 11 is 0. The monoisotopic (exact) mass is 309 g/mol. The molecule has 0 bridgehead atoms. The number of amides is 1. The van der Waals surface area contributed by atoms with Gasteiger partial charge in [-0.25, -0.2) is 4.68 Å². The largest absolute Gasteiger partial charge is 0.350 e. The molecule has 0 aliphatic heterocycles. The highest BCUT2D eigenvalue weighted by Crippen LogP contribution is 2.09. The van der Waals surface area contributed by atoms with E-state index in [0.717, 1.165) is 11.3 Å². The van der Waals surface area contributed by atoms with Gasteiger partial charge in [-0.2, -0.15) is 0 Å². The summed E-state index contributed by atoms with van der Waals surface area (Å²) in [7, 11) is 0. The molecule has 0 aliphatic carbocycles. The minimum Gasteiger partial charge on any atom is -0.350 e. The summed E-state index contributed by atoms with van der Waals surface area (Å²) in [6, 6.07) is 7.84. The fourth-order valence-corrected chi connectivity index (χ4v) is 1.71. The molecule has 1 atom stereocenters. The Morgan fingerprint density at radius 1 is 1.48 bits per heavy atom. The van der Waals surface area contributed by atoms with Gasteiger partial charge in [-0.3, -0.25) is 4.79 Å². The Kier molecular flexibility index (Phi) is 6.33. The molecule has 1 heterocycles. The maximum Gasteiger partial charge on any atom is 0.273 e. The molecule has 1 unspecified atom stereocenters. The SMILES string of the molecule is Cc1cccc(-n2cc(C(=O)NCC(C)CN)nn2)c1.Cl. The van der Waals surface area contributed by atoms with Crippen molar-refractivity contribution in [2.45, 2.75) is 13.8 Å². The Bertz CT molecular complexity index is 599. The average molecular weight is 310 g/mol. The Morgan fingerprint density at radius 3 is 2.90 bits per heavy atom. The number of carbonyl (C=O) groups excluding carboxylic acids is 1. The molecule has 7 heteroatoms. The zero-order chi connectivity index (χ0) is 14.5. The van der Waals surface area contributed by atoms with E-state index < -0.39 is 0 Å². The molecular formula is C14H20ClN5O. The molecule has 2 rings (SSSR count). The second kappa shape index (κ2) is 7.75. The second-order valence-corrected chi connectivity index (χ2v) is 4.94. The van der Waals surface area contributed by atoms with Gasteiger partial charge in [0.1, 0.15) is 0 Å². The molecule has 0 radical (unpaired) electrons. The van der Waals surface area contributed by atoms with Crippen molar-refractivity contribution in [1.29, 1.82) is 0 Å². The molecule has 21 heavy (non-hydrogen) atoms. The van der Waals surface area contributed by atoms with E-state index in [0.29, 0.717) is 18.8 Å². The molecule has 3 N–H and O–H groups in total. The first-order valence-corrected chi connectivity index (χ1v) is 6.58. The van der Waals surface area contributed by atoms with Gasteiger partial charge in [0.25, 0.3) is 5.91 Å². The number of hydrogen-bond donors (Lipinski definition) is 2. The highest BCUT2D eigenvalue weighted by atomic mass is 35.5. The van der Waals surface area contributed by atoms with Crippen LogP contribution >= 0.6 is 12.4 Å². The lowest BCUT2D eigenvalue weighted by atomic mass is 10.2. The number of nitrogens with zero attached hydrogens (tertiary/aromatic N) is 3. The summed E-state index contributed by atoms with van der Waals surface area (Å²) in [6.45, 7) is 5.05.